The van der Waals surface area contributed by atoms with Crippen molar-refractivity contribution in [1.82, 2.24) is 4.98 Å². The number of ether oxygens (including phenoxy) is 3. The second-order valence-electron chi connectivity index (χ2n) is 6.98. The van der Waals surface area contributed by atoms with Crippen molar-refractivity contribution in [3.8, 4) is 22.1 Å². The van der Waals surface area contributed by atoms with Crippen LogP contribution >= 0.6 is 11.3 Å². The second-order valence-corrected chi connectivity index (χ2v) is 7.83. The highest BCUT2D eigenvalue weighted by Gasteiger charge is 2.08. The lowest BCUT2D eigenvalue weighted by Gasteiger charge is -2.07. The van der Waals surface area contributed by atoms with Gasteiger partial charge in [-0.2, -0.15) is 0 Å². The first-order chi connectivity index (χ1) is 14.5. The lowest BCUT2D eigenvalue weighted by atomic mass is 10.0. The van der Waals surface area contributed by atoms with Crippen LogP contribution in [0.3, 0.4) is 0 Å². The smallest absolute Gasteiger partial charge is 0.331 e. The van der Waals surface area contributed by atoms with Gasteiger partial charge in [0.1, 0.15) is 11.6 Å². The number of carbonyl (C=O) groups is 1. The van der Waals surface area contributed by atoms with E-state index in [4.69, 9.17) is 14.2 Å². The molecule has 1 aromatic heterocycles. The van der Waals surface area contributed by atoms with Gasteiger partial charge in [0.05, 0.1) is 19.9 Å². The van der Waals surface area contributed by atoms with Crippen molar-refractivity contribution in [3.63, 3.8) is 0 Å². The van der Waals surface area contributed by atoms with Crippen LogP contribution < -0.4 is 9.47 Å². The molecule has 0 N–H and O–H groups in total. The lowest BCUT2D eigenvalue weighted by molar-refractivity contribution is -0.139. The Hall–Kier alpha value is -3.12. The Bertz CT molecular complexity index is 1020. The third kappa shape index (κ3) is 5.48. The molecule has 0 saturated carbocycles. The fraction of sp³-hybridized carbons (Fsp3) is 0.250. The van der Waals surface area contributed by atoms with Gasteiger partial charge in [-0.1, -0.05) is 44.2 Å². The van der Waals surface area contributed by atoms with Crippen molar-refractivity contribution in [2.45, 2.75) is 26.4 Å². The average Bonchev–Trinajstić information content (AvgIpc) is 3.25. The predicted molar refractivity (Wildman–Crippen MR) is 120 cm³/mol. The molecule has 6 heteroatoms. The van der Waals surface area contributed by atoms with E-state index < -0.39 is 5.97 Å². The monoisotopic (exact) mass is 423 g/mol. The van der Waals surface area contributed by atoms with Crippen molar-refractivity contribution in [3.05, 3.63) is 70.7 Å². The molecule has 156 valence electrons. The van der Waals surface area contributed by atoms with Crippen molar-refractivity contribution < 1.29 is 19.0 Å². The number of carbonyl (C=O) groups excluding carboxylic acids is 1. The first-order valence-corrected chi connectivity index (χ1v) is 10.5. The zero-order valence-electron chi connectivity index (χ0n) is 17.5. The molecule has 0 radical (unpaired) electrons. The van der Waals surface area contributed by atoms with Gasteiger partial charge in [0.15, 0.2) is 11.5 Å². The Morgan fingerprint density at radius 2 is 1.80 bits per heavy atom. The standard InChI is InChI=1S/C24H25NO4S/c1-16(2)18-7-9-19(10-8-18)24-25-20(15-30-24)14-29-23(26)12-6-17-5-11-21(27-3)22(13-17)28-4/h5-13,15-16H,14H2,1-4H3/b12-6+. The van der Waals surface area contributed by atoms with Gasteiger partial charge in [0.2, 0.25) is 0 Å². The minimum Gasteiger partial charge on any atom is -0.493 e. The summed E-state index contributed by atoms with van der Waals surface area (Å²) in [4.78, 5) is 16.6. The highest BCUT2D eigenvalue weighted by molar-refractivity contribution is 7.13. The molecule has 0 fully saturated rings. The van der Waals surface area contributed by atoms with Gasteiger partial charge in [0, 0.05) is 17.0 Å². The number of hydrogen-bond acceptors (Lipinski definition) is 6. The van der Waals surface area contributed by atoms with E-state index in [2.05, 4.69) is 43.1 Å². The normalized spacial score (nSPS) is 11.1. The van der Waals surface area contributed by atoms with Crippen LogP contribution in [-0.4, -0.2) is 25.2 Å². The summed E-state index contributed by atoms with van der Waals surface area (Å²) in [6.07, 6.45) is 3.06. The highest BCUT2D eigenvalue weighted by Crippen LogP contribution is 2.28. The fourth-order valence-corrected chi connectivity index (χ4v) is 3.64. The van der Waals surface area contributed by atoms with Crippen molar-refractivity contribution in [2.75, 3.05) is 14.2 Å². The van der Waals surface area contributed by atoms with Crippen molar-refractivity contribution >= 4 is 23.4 Å². The molecule has 0 unspecified atom stereocenters. The van der Waals surface area contributed by atoms with Crippen molar-refractivity contribution in [2.24, 2.45) is 0 Å². The Morgan fingerprint density at radius 1 is 1.07 bits per heavy atom. The summed E-state index contributed by atoms with van der Waals surface area (Å²) in [5.41, 5.74) is 3.90. The van der Waals surface area contributed by atoms with Crippen LogP contribution in [0.4, 0.5) is 0 Å². The number of nitrogens with zero attached hydrogens (tertiary/aromatic N) is 1. The summed E-state index contributed by atoms with van der Waals surface area (Å²) in [6, 6.07) is 13.8. The third-order valence-corrected chi connectivity index (χ3v) is 5.50. The molecule has 0 saturated heterocycles. The molecule has 0 bridgehead atoms. The number of aromatic nitrogens is 1. The molecule has 0 amide bonds. The van der Waals surface area contributed by atoms with Crippen molar-refractivity contribution in [1.29, 1.82) is 0 Å². The topological polar surface area (TPSA) is 57.7 Å². The van der Waals surface area contributed by atoms with Crippen LogP contribution in [0.1, 0.15) is 36.6 Å². The lowest BCUT2D eigenvalue weighted by Crippen LogP contribution is -2.01. The van der Waals surface area contributed by atoms with Gasteiger partial charge in [0.25, 0.3) is 0 Å². The number of benzene rings is 2. The molecular weight excluding hydrogens is 398 g/mol. The molecule has 0 atom stereocenters. The second kappa shape index (κ2) is 10.1. The predicted octanol–water partition coefficient (Wildman–Crippen LogP) is 5.71. The molecule has 5 nitrogen and oxygen atoms in total. The Labute approximate surface area is 181 Å². The largest absolute Gasteiger partial charge is 0.493 e. The number of esters is 1. The Balaban J connectivity index is 1.57. The molecular formula is C24H25NO4S. The zero-order valence-corrected chi connectivity index (χ0v) is 18.4. The van der Waals surface area contributed by atoms with Gasteiger partial charge < -0.3 is 14.2 Å². The quantitative estimate of drug-likeness (QED) is 0.343. The Morgan fingerprint density at radius 3 is 2.47 bits per heavy atom. The van der Waals surface area contributed by atoms with Crippen LogP contribution in [0.5, 0.6) is 11.5 Å². The summed E-state index contributed by atoms with van der Waals surface area (Å²) >= 11 is 1.54. The number of rotatable bonds is 8. The number of methoxy groups -OCH3 is 2. The molecule has 3 rings (SSSR count). The van der Waals surface area contributed by atoms with Gasteiger partial charge in [-0.3, -0.25) is 0 Å². The summed E-state index contributed by atoms with van der Waals surface area (Å²) in [7, 11) is 3.15. The van der Waals surface area contributed by atoms with Crippen LogP contribution in [0, 0.1) is 0 Å². The van der Waals surface area contributed by atoms with Gasteiger partial charge in [-0.25, -0.2) is 9.78 Å². The van der Waals surface area contributed by atoms with E-state index in [9.17, 15) is 4.79 Å². The maximum atomic E-state index is 12.1. The van der Waals surface area contributed by atoms with E-state index in [0.29, 0.717) is 17.4 Å². The van der Waals surface area contributed by atoms with E-state index in [1.807, 2.05) is 11.4 Å². The van der Waals surface area contributed by atoms with Crippen LogP contribution in [-0.2, 0) is 16.1 Å². The fourth-order valence-electron chi connectivity index (χ4n) is 2.83. The summed E-state index contributed by atoms with van der Waals surface area (Å²) in [6.45, 7) is 4.48. The minimum absolute atomic E-state index is 0.135. The number of thiazole rings is 1. The van der Waals surface area contributed by atoms with E-state index in [-0.39, 0.29) is 6.61 Å². The molecule has 2 aromatic carbocycles. The van der Waals surface area contributed by atoms with Crippen LogP contribution in [0.2, 0.25) is 0 Å². The summed E-state index contributed by atoms with van der Waals surface area (Å²) in [5.74, 6) is 1.30. The molecule has 1 heterocycles. The van der Waals surface area contributed by atoms with Gasteiger partial charge >= 0.3 is 5.97 Å². The van der Waals surface area contributed by atoms with E-state index in [0.717, 1.165) is 21.8 Å². The van der Waals surface area contributed by atoms with Crippen LogP contribution in [0.25, 0.3) is 16.6 Å². The first kappa shape index (κ1) is 21.6. The average molecular weight is 424 g/mol. The number of hydrogen-bond donors (Lipinski definition) is 0. The summed E-state index contributed by atoms with van der Waals surface area (Å²) in [5, 5.41) is 2.83. The third-order valence-electron chi connectivity index (χ3n) is 4.56. The van der Waals surface area contributed by atoms with Crippen LogP contribution in [0.15, 0.2) is 53.9 Å². The molecule has 30 heavy (non-hydrogen) atoms. The Kier molecular flexibility index (Phi) is 7.25. The molecule has 0 spiro atoms. The summed E-state index contributed by atoms with van der Waals surface area (Å²) < 4.78 is 15.8. The molecule has 3 aromatic rings. The van der Waals surface area contributed by atoms with E-state index in [1.165, 1.54) is 11.6 Å². The first-order valence-electron chi connectivity index (χ1n) is 9.61. The van der Waals surface area contributed by atoms with Gasteiger partial charge in [-0.05, 0) is 35.3 Å². The van der Waals surface area contributed by atoms with E-state index >= 15 is 0 Å². The molecule has 0 aliphatic heterocycles. The molecule has 0 aliphatic carbocycles. The minimum atomic E-state index is -0.430. The van der Waals surface area contributed by atoms with E-state index in [1.54, 1.807) is 43.8 Å². The maximum absolute atomic E-state index is 12.1. The highest BCUT2D eigenvalue weighted by atomic mass is 32.1. The zero-order chi connectivity index (χ0) is 21.5. The molecule has 0 aliphatic rings. The van der Waals surface area contributed by atoms with Gasteiger partial charge in [-0.15, -0.1) is 11.3 Å². The SMILES string of the molecule is COc1ccc(/C=C/C(=O)OCc2csc(-c3ccc(C(C)C)cc3)n2)cc1OC. The maximum Gasteiger partial charge on any atom is 0.331 e.